The van der Waals surface area contributed by atoms with Crippen LogP contribution in [0.25, 0.3) is 0 Å². The number of hydrogen-bond donors (Lipinski definition) is 2. The standard InChI is InChI=1S/C6H6N2O2/c9-6-2-1-3-7-5(6)4-8-10/h1-4,9-10H. The van der Waals surface area contributed by atoms with E-state index in [4.69, 9.17) is 10.3 Å². The molecule has 0 unspecified atom stereocenters. The van der Waals surface area contributed by atoms with Crippen LogP contribution in [-0.2, 0) is 0 Å². The third-order valence-electron chi connectivity index (χ3n) is 0.996. The van der Waals surface area contributed by atoms with E-state index in [1.54, 1.807) is 6.07 Å². The zero-order chi connectivity index (χ0) is 7.40. The van der Waals surface area contributed by atoms with Gasteiger partial charge in [0, 0.05) is 6.20 Å². The Morgan fingerprint density at radius 2 is 2.40 bits per heavy atom. The first kappa shape index (κ1) is 6.54. The number of aromatic nitrogens is 1. The quantitative estimate of drug-likeness (QED) is 0.339. The largest absolute Gasteiger partial charge is 0.506 e. The van der Waals surface area contributed by atoms with Gasteiger partial charge in [0.15, 0.2) is 0 Å². The van der Waals surface area contributed by atoms with Gasteiger partial charge in [-0.3, -0.25) is 4.98 Å². The lowest BCUT2D eigenvalue weighted by Gasteiger charge is -1.92. The number of rotatable bonds is 1. The minimum atomic E-state index is 0.000278. The molecule has 0 amide bonds. The van der Waals surface area contributed by atoms with Crippen molar-refractivity contribution in [1.29, 1.82) is 0 Å². The summed E-state index contributed by atoms with van der Waals surface area (Å²) < 4.78 is 0. The zero-order valence-corrected chi connectivity index (χ0v) is 5.10. The third kappa shape index (κ3) is 1.22. The van der Waals surface area contributed by atoms with Gasteiger partial charge in [-0.15, -0.1) is 0 Å². The summed E-state index contributed by atoms with van der Waals surface area (Å²) in [6.07, 6.45) is 2.56. The highest BCUT2D eigenvalue weighted by molar-refractivity contribution is 5.79. The van der Waals surface area contributed by atoms with Crippen LogP contribution in [0.15, 0.2) is 23.5 Å². The molecule has 0 spiro atoms. The Balaban J connectivity index is 3.03. The topological polar surface area (TPSA) is 65.7 Å². The molecule has 0 radical (unpaired) electrons. The van der Waals surface area contributed by atoms with Crippen molar-refractivity contribution in [3.05, 3.63) is 24.0 Å². The SMILES string of the molecule is ON=Cc1ncccc1O. The first-order valence-corrected chi connectivity index (χ1v) is 2.66. The second kappa shape index (κ2) is 2.82. The second-order valence-electron chi connectivity index (χ2n) is 1.65. The summed E-state index contributed by atoms with van der Waals surface area (Å²) in [5, 5.41) is 19.8. The van der Waals surface area contributed by atoms with Crippen LogP contribution in [-0.4, -0.2) is 21.5 Å². The van der Waals surface area contributed by atoms with Crippen molar-refractivity contribution in [3.63, 3.8) is 0 Å². The smallest absolute Gasteiger partial charge is 0.142 e. The normalized spacial score (nSPS) is 10.4. The molecule has 0 saturated heterocycles. The lowest BCUT2D eigenvalue weighted by molar-refractivity contribution is 0.321. The van der Waals surface area contributed by atoms with Gasteiger partial charge in [0.25, 0.3) is 0 Å². The predicted molar refractivity (Wildman–Crippen MR) is 35.3 cm³/mol. The van der Waals surface area contributed by atoms with Gasteiger partial charge in [0.05, 0.1) is 6.21 Å². The van der Waals surface area contributed by atoms with Gasteiger partial charge in [0.1, 0.15) is 11.4 Å². The third-order valence-corrected chi connectivity index (χ3v) is 0.996. The maximum absolute atomic E-state index is 8.98. The number of oxime groups is 1. The van der Waals surface area contributed by atoms with E-state index < -0.39 is 0 Å². The first-order chi connectivity index (χ1) is 4.84. The molecule has 0 fully saturated rings. The van der Waals surface area contributed by atoms with Crippen molar-refractivity contribution < 1.29 is 10.3 Å². The summed E-state index contributed by atoms with van der Waals surface area (Å²) in [7, 11) is 0. The van der Waals surface area contributed by atoms with E-state index in [1.807, 2.05) is 0 Å². The van der Waals surface area contributed by atoms with Crippen LogP contribution in [0, 0.1) is 0 Å². The van der Waals surface area contributed by atoms with Gasteiger partial charge in [-0.1, -0.05) is 5.16 Å². The second-order valence-corrected chi connectivity index (χ2v) is 1.65. The summed E-state index contributed by atoms with van der Waals surface area (Å²) in [6.45, 7) is 0. The molecule has 0 aliphatic carbocycles. The van der Waals surface area contributed by atoms with Crippen LogP contribution < -0.4 is 0 Å². The number of aromatic hydroxyl groups is 1. The van der Waals surface area contributed by atoms with E-state index in [0.29, 0.717) is 0 Å². The van der Waals surface area contributed by atoms with Gasteiger partial charge >= 0.3 is 0 Å². The molecule has 52 valence electrons. The van der Waals surface area contributed by atoms with Gasteiger partial charge in [-0.2, -0.15) is 0 Å². The zero-order valence-electron chi connectivity index (χ0n) is 5.10. The molecule has 1 rings (SSSR count). The van der Waals surface area contributed by atoms with Crippen LogP contribution in [0.2, 0.25) is 0 Å². The Morgan fingerprint density at radius 3 is 3.00 bits per heavy atom. The van der Waals surface area contributed by atoms with Crippen LogP contribution in [0.1, 0.15) is 5.69 Å². The maximum Gasteiger partial charge on any atom is 0.142 e. The molecule has 2 N–H and O–H groups in total. The molecule has 0 bridgehead atoms. The fourth-order valence-electron chi connectivity index (χ4n) is 0.563. The number of pyridine rings is 1. The number of hydrogen-bond acceptors (Lipinski definition) is 4. The van der Waals surface area contributed by atoms with Crippen molar-refractivity contribution in [2.75, 3.05) is 0 Å². The fourth-order valence-corrected chi connectivity index (χ4v) is 0.563. The van der Waals surface area contributed by atoms with E-state index in [9.17, 15) is 0 Å². The molecule has 0 aliphatic rings. The van der Waals surface area contributed by atoms with Gasteiger partial charge in [-0.05, 0) is 12.1 Å². The molecule has 0 saturated carbocycles. The summed E-state index contributed by atoms with van der Waals surface area (Å²) in [6, 6.07) is 3.05. The molecule has 1 heterocycles. The van der Waals surface area contributed by atoms with Crippen LogP contribution in [0.4, 0.5) is 0 Å². The lowest BCUT2D eigenvalue weighted by atomic mass is 10.3. The van der Waals surface area contributed by atoms with Crippen molar-refractivity contribution >= 4 is 6.21 Å². The average molecular weight is 138 g/mol. The predicted octanol–water partition coefficient (Wildman–Crippen LogP) is 0.595. The summed E-state index contributed by atoms with van der Waals surface area (Å²) >= 11 is 0. The lowest BCUT2D eigenvalue weighted by Crippen LogP contribution is -1.85. The maximum atomic E-state index is 8.98. The molecule has 0 aliphatic heterocycles. The van der Waals surface area contributed by atoms with Crippen molar-refractivity contribution in [2.24, 2.45) is 5.16 Å². The van der Waals surface area contributed by atoms with Gasteiger partial charge in [-0.25, -0.2) is 0 Å². The van der Waals surface area contributed by atoms with E-state index >= 15 is 0 Å². The van der Waals surface area contributed by atoms with E-state index in [-0.39, 0.29) is 11.4 Å². The Bertz CT molecular complexity index is 247. The summed E-state index contributed by atoms with van der Waals surface area (Å²) in [5.41, 5.74) is 0.255. The van der Waals surface area contributed by atoms with Crippen molar-refractivity contribution in [2.45, 2.75) is 0 Å². The molecule has 0 aromatic carbocycles. The Kier molecular flexibility index (Phi) is 1.84. The highest BCUT2D eigenvalue weighted by Crippen LogP contribution is 2.08. The molecular weight excluding hydrogens is 132 g/mol. The minimum absolute atomic E-state index is 0.000278. The molecule has 1 aromatic rings. The van der Waals surface area contributed by atoms with E-state index in [1.165, 1.54) is 12.3 Å². The summed E-state index contributed by atoms with van der Waals surface area (Å²) in [4.78, 5) is 3.71. The Morgan fingerprint density at radius 1 is 1.60 bits per heavy atom. The molecule has 4 heteroatoms. The van der Waals surface area contributed by atoms with Gasteiger partial charge in [0.2, 0.25) is 0 Å². The summed E-state index contributed by atoms with van der Waals surface area (Å²) in [5.74, 6) is 0.000278. The molecule has 4 nitrogen and oxygen atoms in total. The van der Waals surface area contributed by atoms with Crippen molar-refractivity contribution in [1.82, 2.24) is 4.98 Å². The van der Waals surface area contributed by atoms with Crippen molar-refractivity contribution in [3.8, 4) is 5.75 Å². The minimum Gasteiger partial charge on any atom is -0.506 e. The molecule has 0 atom stereocenters. The first-order valence-electron chi connectivity index (χ1n) is 2.66. The molecule has 1 aromatic heterocycles. The fraction of sp³-hybridized carbons (Fsp3) is 0. The monoisotopic (exact) mass is 138 g/mol. The highest BCUT2D eigenvalue weighted by Gasteiger charge is 1.94. The van der Waals surface area contributed by atoms with E-state index in [2.05, 4.69) is 10.1 Å². The highest BCUT2D eigenvalue weighted by atomic mass is 16.4. The number of nitrogens with zero attached hydrogens (tertiary/aromatic N) is 2. The van der Waals surface area contributed by atoms with Crippen LogP contribution in [0.5, 0.6) is 5.75 Å². The van der Waals surface area contributed by atoms with Gasteiger partial charge < -0.3 is 10.3 Å². The van der Waals surface area contributed by atoms with E-state index in [0.717, 1.165) is 6.21 Å². The van der Waals surface area contributed by atoms with Crippen LogP contribution >= 0.6 is 0 Å². The van der Waals surface area contributed by atoms with Crippen LogP contribution in [0.3, 0.4) is 0 Å². The molecule has 10 heavy (non-hydrogen) atoms. The average Bonchev–Trinajstić information content (AvgIpc) is 1.94. The molecular formula is C6H6N2O2. The Hall–Kier alpha value is -1.58. The Labute approximate surface area is 57.5 Å².